The maximum atomic E-state index is 11.8. The van der Waals surface area contributed by atoms with E-state index in [-0.39, 0.29) is 11.4 Å². The number of pyridine rings is 2. The predicted octanol–water partition coefficient (Wildman–Crippen LogP) is 2.38. The van der Waals surface area contributed by atoms with E-state index in [4.69, 9.17) is 0 Å². The predicted molar refractivity (Wildman–Crippen MR) is 77.7 cm³/mol. The molecule has 0 spiro atoms. The molecule has 3 aromatic rings. The number of aromatic nitrogens is 2. The van der Waals surface area contributed by atoms with Crippen molar-refractivity contribution in [2.45, 2.75) is 0 Å². The molecule has 3 rings (SSSR count). The zero-order valence-electron chi connectivity index (χ0n) is 10.4. The average molecular weight is 265 g/mol. The van der Waals surface area contributed by atoms with E-state index in [1.165, 1.54) is 6.21 Å². The molecule has 0 fully saturated rings. The Hall–Kier alpha value is -2.95. The maximum Gasteiger partial charge on any atom is 0.258 e. The van der Waals surface area contributed by atoms with Gasteiger partial charge in [0.1, 0.15) is 0 Å². The molecule has 0 bridgehead atoms. The number of aromatic hydroxyl groups is 1. The minimum absolute atomic E-state index is 0.201. The molecule has 2 N–H and O–H groups in total. The Kier molecular flexibility index (Phi) is 3.01. The van der Waals surface area contributed by atoms with Gasteiger partial charge in [-0.05, 0) is 18.2 Å². The minimum atomic E-state index is -0.326. The third-order valence-corrected chi connectivity index (χ3v) is 2.92. The van der Waals surface area contributed by atoms with E-state index in [9.17, 15) is 9.90 Å². The van der Waals surface area contributed by atoms with Gasteiger partial charge in [0, 0.05) is 23.2 Å². The van der Waals surface area contributed by atoms with Gasteiger partial charge < -0.3 is 5.11 Å². The van der Waals surface area contributed by atoms with Crippen molar-refractivity contribution < 1.29 is 5.11 Å². The molecule has 1 aromatic carbocycles. The second-order valence-corrected chi connectivity index (χ2v) is 4.21. The molecule has 20 heavy (non-hydrogen) atoms. The highest BCUT2D eigenvalue weighted by molar-refractivity contribution is 6.01. The zero-order valence-corrected chi connectivity index (χ0v) is 10.4. The molecule has 0 amide bonds. The van der Waals surface area contributed by atoms with Gasteiger partial charge in [0.05, 0.1) is 5.56 Å². The molecule has 5 heteroatoms. The first-order chi connectivity index (χ1) is 9.75. The molecule has 0 saturated heterocycles. The van der Waals surface area contributed by atoms with Crippen LogP contribution in [0.5, 0.6) is 5.88 Å². The summed E-state index contributed by atoms with van der Waals surface area (Å²) < 4.78 is 0. The van der Waals surface area contributed by atoms with Crippen LogP contribution in [0.4, 0.5) is 5.82 Å². The summed E-state index contributed by atoms with van der Waals surface area (Å²) in [7, 11) is 0. The monoisotopic (exact) mass is 265 g/mol. The number of nitrogens with one attached hydrogen (secondary N) is 1. The highest BCUT2D eigenvalue weighted by Gasteiger charge is 2.08. The number of fused-ring (bicyclic) bond motifs is 1. The third-order valence-electron chi connectivity index (χ3n) is 2.92. The molecule has 0 aliphatic carbocycles. The molecular weight excluding hydrogens is 254 g/mol. The number of benzene rings is 1. The van der Waals surface area contributed by atoms with E-state index in [0.717, 1.165) is 0 Å². The van der Waals surface area contributed by atoms with E-state index in [2.05, 4.69) is 15.0 Å². The summed E-state index contributed by atoms with van der Waals surface area (Å²) in [5.41, 5.74) is 0.138. The Labute approximate surface area is 114 Å². The molecule has 0 saturated carbocycles. The van der Waals surface area contributed by atoms with Crippen molar-refractivity contribution in [1.29, 1.82) is 0 Å². The summed E-state index contributed by atoms with van der Waals surface area (Å²) in [6, 6.07) is 12.4. The second-order valence-electron chi connectivity index (χ2n) is 4.21. The molecule has 5 nitrogen and oxygen atoms in total. The highest BCUT2D eigenvalue weighted by atomic mass is 16.3. The molecule has 0 atom stereocenters. The van der Waals surface area contributed by atoms with Crippen molar-refractivity contribution in [3.8, 4) is 5.88 Å². The fourth-order valence-electron chi connectivity index (χ4n) is 1.98. The van der Waals surface area contributed by atoms with Gasteiger partial charge in [0.25, 0.3) is 5.56 Å². The van der Waals surface area contributed by atoms with Crippen LogP contribution < -0.4 is 5.56 Å². The Balaban J connectivity index is 2.17. The van der Waals surface area contributed by atoms with E-state index in [1.54, 1.807) is 42.6 Å². The molecule has 0 unspecified atom stereocenters. The van der Waals surface area contributed by atoms with Gasteiger partial charge in [-0.1, -0.05) is 24.3 Å². The Morgan fingerprint density at radius 3 is 2.60 bits per heavy atom. The molecule has 98 valence electrons. The van der Waals surface area contributed by atoms with Gasteiger partial charge in [0.2, 0.25) is 5.88 Å². The second kappa shape index (κ2) is 4.97. The smallest absolute Gasteiger partial charge is 0.258 e. The molecule has 2 aromatic heterocycles. The Morgan fingerprint density at radius 1 is 1.10 bits per heavy atom. The van der Waals surface area contributed by atoms with E-state index in [1.807, 2.05) is 6.07 Å². The van der Waals surface area contributed by atoms with Crippen LogP contribution in [0, 0.1) is 0 Å². The number of aliphatic imine (C=N–C) groups is 1. The van der Waals surface area contributed by atoms with Crippen molar-refractivity contribution in [3.63, 3.8) is 0 Å². The largest absolute Gasteiger partial charge is 0.494 e. The lowest BCUT2D eigenvalue weighted by Crippen LogP contribution is -2.07. The number of aromatic amines is 1. The fourth-order valence-corrected chi connectivity index (χ4v) is 1.98. The van der Waals surface area contributed by atoms with Gasteiger partial charge in [0.15, 0.2) is 5.82 Å². The summed E-state index contributed by atoms with van der Waals surface area (Å²) in [4.78, 5) is 22.4. The first-order valence-electron chi connectivity index (χ1n) is 6.05. The normalized spacial score (nSPS) is 11.2. The SMILES string of the molecule is O=c1[nH]c(O)c(/C=N/c2ccccn2)c2ccccc12. The Bertz CT molecular complexity index is 839. The van der Waals surface area contributed by atoms with Crippen LogP contribution in [-0.2, 0) is 0 Å². The number of hydrogen-bond donors (Lipinski definition) is 2. The first-order valence-corrected chi connectivity index (χ1v) is 6.05. The summed E-state index contributed by atoms with van der Waals surface area (Å²) in [6.45, 7) is 0. The van der Waals surface area contributed by atoms with Gasteiger partial charge in [-0.2, -0.15) is 0 Å². The third kappa shape index (κ3) is 2.16. The fraction of sp³-hybridized carbons (Fsp3) is 0. The molecular formula is C15H11N3O2. The van der Waals surface area contributed by atoms with Crippen molar-refractivity contribution in [2.24, 2.45) is 4.99 Å². The van der Waals surface area contributed by atoms with Crippen molar-refractivity contribution in [2.75, 3.05) is 0 Å². The quantitative estimate of drug-likeness (QED) is 0.698. The number of hydrogen-bond acceptors (Lipinski definition) is 4. The lowest BCUT2D eigenvalue weighted by molar-refractivity contribution is 0.452. The van der Waals surface area contributed by atoms with Gasteiger partial charge in [-0.15, -0.1) is 0 Å². The zero-order chi connectivity index (χ0) is 13.9. The standard InChI is InChI=1S/C15H11N3O2/c19-14-11-6-2-1-5-10(11)12(15(20)18-14)9-17-13-7-3-4-8-16-13/h1-9H,(H2,18,19,20)/b17-9+. The Morgan fingerprint density at radius 2 is 1.85 bits per heavy atom. The summed E-state index contributed by atoms with van der Waals surface area (Å²) in [6.07, 6.45) is 3.13. The van der Waals surface area contributed by atoms with Crippen LogP contribution >= 0.6 is 0 Å². The van der Waals surface area contributed by atoms with Crippen LogP contribution in [0.1, 0.15) is 5.56 Å². The van der Waals surface area contributed by atoms with Crippen LogP contribution in [0.3, 0.4) is 0 Å². The molecule has 2 heterocycles. The first kappa shape index (κ1) is 12.1. The van der Waals surface area contributed by atoms with Crippen LogP contribution in [0.25, 0.3) is 10.8 Å². The van der Waals surface area contributed by atoms with Crippen LogP contribution in [0.15, 0.2) is 58.4 Å². The van der Waals surface area contributed by atoms with Crippen molar-refractivity contribution in [1.82, 2.24) is 9.97 Å². The summed E-state index contributed by atoms with van der Waals surface area (Å²) in [5, 5.41) is 11.1. The number of rotatable bonds is 2. The summed E-state index contributed by atoms with van der Waals surface area (Å²) >= 11 is 0. The molecule has 0 radical (unpaired) electrons. The minimum Gasteiger partial charge on any atom is -0.494 e. The number of nitrogens with zero attached hydrogens (tertiary/aromatic N) is 2. The molecule has 0 aliphatic heterocycles. The molecule has 0 aliphatic rings. The number of H-pyrrole nitrogens is 1. The highest BCUT2D eigenvalue weighted by Crippen LogP contribution is 2.21. The van der Waals surface area contributed by atoms with Crippen molar-refractivity contribution in [3.05, 3.63) is 64.6 Å². The van der Waals surface area contributed by atoms with Gasteiger partial charge in [-0.3, -0.25) is 9.78 Å². The van der Waals surface area contributed by atoms with Gasteiger partial charge in [-0.25, -0.2) is 9.98 Å². The van der Waals surface area contributed by atoms with Crippen LogP contribution in [-0.4, -0.2) is 21.3 Å². The lowest BCUT2D eigenvalue weighted by Gasteiger charge is -2.03. The lowest BCUT2D eigenvalue weighted by atomic mass is 10.1. The van der Waals surface area contributed by atoms with E-state index >= 15 is 0 Å². The van der Waals surface area contributed by atoms with E-state index in [0.29, 0.717) is 22.2 Å². The van der Waals surface area contributed by atoms with Crippen molar-refractivity contribution >= 4 is 22.8 Å². The summed E-state index contributed by atoms with van der Waals surface area (Å²) in [5.74, 6) is 0.329. The topological polar surface area (TPSA) is 78.3 Å². The van der Waals surface area contributed by atoms with Crippen LogP contribution in [0.2, 0.25) is 0 Å². The van der Waals surface area contributed by atoms with Gasteiger partial charge >= 0.3 is 0 Å². The average Bonchev–Trinajstić information content (AvgIpc) is 2.48. The van der Waals surface area contributed by atoms with E-state index < -0.39 is 0 Å². The maximum absolute atomic E-state index is 11.8.